The zero-order valence-electron chi connectivity index (χ0n) is 38.6. The first kappa shape index (κ1) is 57.2. The van der Waals surface area contributed by atoms with Crippen LogP contribution in [0.2, 0.25) is 0 Å². The van der Waals surface area contributed by atoms with Crippen LogP contribution in [-0.4, -0.2) is 111 Å². The van der Waals surface area contributed by atoms with Crippen molar-refractivity contribution in [1.29, 1.82) is 0 Å². The third-order valence-electron chi connectivity index (χ3n) is 10.0. The Bertz CT molecular complexity index is 4090. The third-order valence-corrected chi connectivity index (χ3v) is 12.7. The SMILES string of the molecule is Cc1cc(N=Nc2ccc3c(S(=O)(=O)O)c(N=Nc4c(-c5ccccc5)nn(-c5cc(C(=O)O)cc(C(=O)O)c5)c4O)ccc3c2O)c(OCCCS(=O)(=O)O)cc1N=Nc1nc2ccccc2s1.O=S(=O)=O.O=S(=O)=O. The molecule has 0 saturated carbocycles. The van der Waals surface area contributed by atoms with Crippen molar-refractivity contribution in [2.24, 2.45) is 30.7 Å². The smallest absolute Gasteiger partial charge is 0.425 e. The molecule has 0 amide bonds. The van der Waals surface area contributed by atoms with E-state index in [1.165, 1.54) is 35.6 Å². The van der Waals surface area contributed by atoms with Crippen molar-refractivity contribution in [3.8, 4) is 34.3 Å². The number of hydrogen-bond acceptors (Lipinski definition) is 24. The maximum absolute atomic E-state index is 13.0. The van der Waals surface area contributed by atoms with Crippen LogP contribution in [0.15, 0.2) is 145 Å². The average Bonchev–Trinajstić information content (AvgIpc) is 3.93. The Morgan fingerprint density at radius 2 is 1.25 bits per heavy atom. The molecule has 0 aliphatic heterocycles. The van der Waals surface area contributed by atoms with E-state index in [2.05, 4.69) is 40.8 Å². The second-order valence-electron chi connectivity index (χ2n) is 15.2. The molecule has 6 N–H and O–H groups in total. The van der Waals surface area contributed by atoms with E-state index < -0.39 is 92.5 Å². The van der Waals surface area contributed by atoms with E-state index in [1.807, 2.05) is 24.3 Å². The first-order chi connectivity index (χ1) is 36.3. The molecule has 0 atom stereocenters. The van der Waals surface area contributed by atoms with E-state index in [0.29, 0.717) is 21.9 Å². The largest absolute Gasteiger partial charge is 0.505 e. The highest BCUT2D eigenvalue weighted by Crippen LogP contribution is 2.45. The molecule has 2 aromatic heterocycles. The summed E-state index contributed by atoms with van der Waals surface area (Å²) in [6.07, 6.45) is -0.0909. The topological polar surface area (TPSA) is 440 Å². The number of aromatic nitrogens is 3. The fraction of sp³-hybridized carbons (Fsp3) is 0.0909. The molecule has 0 saturated heterocycles. The third kappa shape index (κ3) is 15.0. The number of carboxylic acids is 2. The summed E-state index contributed by atoms with van der Waals surface area (Å²) < 4.78 is 127. The second kappa shape index (κ2) is 24.5. The number of carbonyl (C=O) groups is 2. The molecule has 0 aliphatic carbocycles. The van der Waals surface area contributed by atoms with Crippen molar-refractivity contribution in [3.63, 3.8) is 0 Å². The summed E-state index contributed by atoms with van der Waals surface area (Å²) in [7, 11) is -15.7. The zero-order chi connectivity index (χ0) is 56.4. The van der Waals surface area contributed by atoms with Crippen LogP contribution in [0.3, 0.4) is 0 Å². The van der Waals surface area contributed by atoms with E-state index in [1.54, 1.807) is 43.3 Å². The van der Waals surface area contributed by atoms with Crippen molar-refractivity contribution < 1.29 is 85.9 Å². The zero-order valence-corrected chi connectivity index (χ0v) is 42.7. The number of hydrogen-bond donors (Lipinski definition) is 6. The van der Waals surface area contributed by atoms with Crippen molar-refractivity contribution in [1.82, 2.24) is 14.8 Å². The number of aromatic hydroxyl groups is 2. The number of ether oxygens (including phenoxy) is 1. The van der Waals surface area contributed by atoms with E-state index >= 15 is 0 Å². The van der Waals surface area contributed by atoms with Crippen molar-refractivity contribution >= 4 is 119 Å². The molecule has 6 aromatic carbocycles. The van der Waals surface area contributed by atoms with Gasteiger partial charge in [-0.15, -0.1) is 55.9 Å². The monoisotopic (exact) mass is 1150 g/mol. The van der Waals surface area contributed by atoms with Gasteiger partial charge in [0, 0.05) is 22.4 Å². The maximum Gasteiger partial charge on any atom is 0.425 e. The minimum absolute atomic E-state index is 0.0401. The molecule has 8 rings (SSSR count). The average molecular weight is 1150 g/mol. The van der Waals surface area contributed by atoms with Crippen LogP contribution in [-0.2, 0) is 41.5 Å². The predicted octanol–water partition coefficient (Wildman–Crippen LogP) is 8.56. The molecule has 398 valence electrons. The minimum atomic E-state index is -5.15. The number of phenolic OH excluding ortho intramolecular Hbond substituents is 1. The van der Waals surface area contributed by atoms with E-state index in [4.69, 9.17) is 30.0 Å². The Balaban J connectivity index is 0.00000112. The molecule has 77 heavy (non-hydrogen) atoms. The summed E-state index contributed by atoms with van der Waals surface area (Å²) in [6, 6.07) is 26.5. The summed E-state index contributed by atoms with van der Waals surface area (Å²) in [4.78, 5) is 27.4. The summed E-state index contributed by atoms with van der Waals surface area (Å²) in [5.41, 5.74) is 0.0409. The number of fused-ring (bicyclic) bond motifs is 2. The molecule has 0 aliphatic rings. The molecular weight excluding hydrogens is 1120 g/mol. The molecule has 0 spiro atoms. The highest BCUT2D eigenvalue weighted by atomic mass is 32.2. The number of para-hydroxylation sites is 1. The van der Waals surface area contributed by atoms with Gasteiger partial charge in [0.1, 0.15) is 33.4 Å². The Labute approximate surface area is 439 Å². The Morgan fingerprint density at radius 1 is 0.675 bits per heavy atom. The lowest BCUT2D eigenvalue weighted by molar-refractivity contribution is 0.0696. The molecule has 28 nitrogen and oxygen atoms in total. The van der Waals surface area contributed by atoms with Gasteiger partial charge >= 0.3 is 33.2 Å². The number of nitrogens with zero attached hydrogens (tertiary/aromatic N) is 9. The fourth-order valence-electron chi connectivity index (χ4n) is 6.81. The summed E-state index contributed by atoms with van der Waals surface area (Å²) in [5.74, 6) is -4.74. The standard InChI is InChI=1S/C44H33N9O13S3.2O3S/c1-23-18-34(35(66-16-7-17-68(60,61)62)22-33(23)48-51-44-45-30-10-5-6-11-36(30)67-44)49-46-31-14-13-29-28(39(31)54)12-15-32(40(29)69(63,64)65)47-50-38-37(24-8-3-2-4-9-24)52-53(41(38)55)27-20-25(42(56)57)19-26(21-27)43(58)59;2*1-4(2)3/h2-6,8-15,18-22,54-55H,7,16-17H2,1H3,(H,56,57)(H,58,59)(H,60,61,62)(H,63,64,65);;. The Hall–Kier alpha value is -9.12. The van der Waals surface area contributed by atoms with Crippen LogP contribution in [0.25, 0.3) is 37.9 Å². The number of carboxylic acid groups (broad SMARTS) is 2. The van der Waals surface area contributed by atoms with E-state index in [-0.39, 0.29) is 58.0 Å². The van der Waals surface area contributed by atoms with Gasteiger partial charge in [0.25, 0.3) is 20.2 Å². The number of azo groups is 3. The van der Waals surface area contributed by atoms with Crippen LogP contribution in [0.1, 0.15) is 32.7 Å². The quantitative estimate of drug-likeness (QED) is 0.0299. The predicted molar refractivity (Wildman–Crippen MR) is 269 cm³/mol. The second-order valence-corrected chi connectivity index (χ2v) is 19.9. The minimum Gasteiger partial charge on any atom is -0.505 e. The molecule has 2 heterocycles. The molecule has 0 radical (unpaired) electrons. The number of aryl methyl sites for hydroxylation is 1. The van der Waals surface area contributed by atoms with Crippen LogP contribution < -0.4 is 4.74 Å². The first-order valence-electron chi connectivity index (χ1n) is 20.9. The summed E-state index contributed by atoms with van der Waals surface area (Å²) in [6.45, 7) is 1.53. The fourth-order valence-corrected chi connectivity index (χ4v) is 8.91. The first-order valence-corrected chi connectivity index (χ1v) is 26.8. The Kier molecular flexibility index (Phi) is 18.2. The highest BCUT2D eigenvalue weighted by molar-refractivity contribution is 7.86. The van der Waals surface area contributed by atoms with E-state index in [9.17, 15) is 56.0 Å². The van der Waals surface area contributed by atoms with Crippen LogP contribution in [0.5, 0.6) is 17.4 Å². The van der Waals surface area contributed by atoms with Gasteiger partial charge in [0.15, 0.2) is 11.4 Å². The van der Waals surface area contributed by atoms with Gasteiger partial charge in [-0.25, -0.2) is 14.6 Å². The van der Waals surface area contributed by atoms with Gasteiger partial charge in [-0.3, -0.25) is 9.11 Å². The Morgan fingerprint density at radius 3 is 1.86 bits per heavy atom. The van der Waals surface area contributed by atoms with Gasteiger partial charge in [0.2, 0.25) is 11.0 Å². The van der Waals surface area contributed by atoms with Crippen LogP contribution in [0.4, 0.5) is 33.6 Å². The number of rotatable bonds is 16. The van der Waals surface area contributed by atoms with Gasteiger partial charge in [-0.2, -0.15) is 26.6 Å². The summed E-state index contributed by atoms with van der Waals surface area (Å²) >= 11 is 1.33. The highest BCUT2D eigenvalue weighted by Gasteiger charge is 2.25. The van der Waals surface area contributed by atoms with Gasteiger partial charge < -0.3 is 25.2 Å². The van der Waals surface area contributed by atoms with Gasteiger partial charge in [-0.1, -0.05) is 59.9 Å². The van der Waals surface area contributed by atoms with Gasteiger partial charge in [-0.05, 0) is 73.5 Å². The molecule has 0 unspecified atom stereocenters. The number of aromatic carboxylic acids is 2. The lowest BCUT2D eigenvalue weighted by atomic mass is 10.1. The van der Waals surface area contributed by atoms with Crippen LogP contribution >= 0.6 is 11.3 Å². The number of phenols is 1. The number of benzene rings is 6. The molecule has 0 fully saturated rings. The normalized spacial score (nSPS) is 11.6. The van der Waals surface area contributed by atoms with Crippen molar-refractivity contribution in [2.45, 2.75) is 18.2 Å². The van der Waals surface area contributed by atoms with Crippen molar-refractivity contribution in [2.75, 3.05) is 12.4 Å². The molecular formula is C44H33N9O19S5. The van der Waals surface area contributed by atoms with E-state index in [0.717, 1.165) is 39.2 Å². The van der Waals surface area contributed by atoms with Crippen LogP contribution in [0, 0.1) is 6.92 Å². The maximum atomic E-state index is 13.0. The number of thiazole rings is 1. The lowest BCUT2D eigenvalue weighted by Crippen LogP contribution is -2.08. The molecule has 0 bridgehead atoms. The molecule has 33 heteroatoms. The summed E-state index contributed by atoms with van der Waals surface area (Å²) in [5, 5.41) is 71.8. The lowest BCUT2D eigenvalue weighted by Gasteiger charge is -2.11. The van der Waals surface area contributed by atoms with Gasteiger partial charge in [0.05, 0.1) is 45.1 Å². The molecule has 8 aromatic rings. The van der Waals surface area contributed by atoms with Crippen molar-refractivity contribution in [3.05, 3.63) is 126 Å².